The molecule has 0 bridgehead atoms. The predicted octanol–water partition coefficient (Wildman–Crippen LogP) is 3.19. The number of carbonyl (C=O) groups excluding carboxylic acids is 2. The molecule has 1 fully saturated rings. The monoisotopic (exact) mass is 283 g/mol. The number of ether oxygens (including phenoxy) is 1. The van der Waals surface area contributed by atoms with E-state index in [-0.39, 0.29) is 23.8 Å². The van der Waals surface area contributed by atoms with E-state index < -0.39 is 0 Å². The molecule has 0 aromatic rings. The molecule has 0 saturated heterocycles. The molecule has 1 aliphatic rings. The van der Waals surface area contributed by atoms with Gasteiger partial charge in [-0.1, -0.05) is 32.6 Å². The van der Waals surface area contributed by atoms with Gasteiger partial charge in [0.25, 0.3) is 0 Å². The first-order chi connectivity index (χ1) is 9.67. The topological polar surface area (TPSA) is 55.4 Å². The summed E-state index contributed by atoms with van der Waals surface area (Å²) in [5.41, 5.74) is 0. The number of hydrogen-bond donors (Lipinski definition) is 1. The summed E-state index contributed by atoms with van der Waals surface area (Å²) in [5, 5.41) is 3.10. The average molecular weight is 283 g/mol. The van der Waals surface area contributed by atoms with Crippen LogP contribution in [0.5, 0.6) is 0 Å². The number of amides is 1. The highest BCUT2D eigenvalue weighted by atomic mass is 16.5. The molecule has 0 aliphatic heterocycles. The van der Waals surface area contributed by atoms with E-state index in [9.17, 15) is 9.59 Å². The lowest BCUT2D eigenvalue weighted by atomic mass is 9.86. The van der Waals surface area contributed by atoms with Gasteiger partial charge in [0.15, 0.2) is 0 Å². The van der Waals surface area contributed by atoms with Crippen LogP contribution in [0.15, 0.2) is 0 Å². The average Bonchev–Trinajstić information content (AvgIpc) is 2.47. The maximum absolute atomic E-state index is 11.8. The van der Waals surface area contributed by atoms with Crippen molar-refractivity contribution in [1.82, 2.24) is 5.32 Å². The summed E-state index contributed by atoms with van der Waals surface area (Å²) in [5.74, 6) is 0.0934. The third kappa shape index (κ3) is 6.40. The lowest BCUT2D eigenvalue weighted by molar-refractivity contribution is -0.146. The van der Waals surface area contributed by atoms with Crippen molar-refractivity contribution in [2.45, 2.75) is 77.2 Å². The fourth-order valence-electron chi connectivity index (χ4n) is 2.83. The summed E-state index contributed by atoms with van der Waals surface area (Å²) in [6.07, 6.45) is 9.94. The van der Waals surface area contributed by atoms with Crippen molar-refractivity contribution in [3.8, 4) is 0 Å². The minimum absolute atomic E-state index is 0.0298. The fraction of sp³-hybridized carbons (Fsp3) is 0.875. The van der Waals surface area contributed by atoms with Crippen LogP contribution in [0.3, 0.4) is 0 Å². The summed E-state index contributed by atoms with van der Waals surface area (Å²) >= 11 is 0. The fourth-order valence-corrected chi connectivity index (χ4v) is 2.83. The molecule has 0 spiro atoms. The van der Waals surface area contributed by atoms with E-state index >= 15 is 0 Å². The Morgan fingerprint density at radius 3 is 2.30 bits per heavy atom. The zero-order valence-electron chi connectivity index (χ0n) is 13.0. The largest absolute Gasteiger partial charge is 0.469 e. The number of unbranched alkanes of at least 4 members (excludes halogenated alkanes) is 4. The molecule has 0 aromatic heterocycles. The molecule has 4 heteroatoms. The third-order valence-electron chi connectivity index (χ3n) is 4.13. The molecular weight excluding hydrogens is 254 g/mol. The Kier molecular flexibility index (Phi) is 8.31. The summed E-state index contributed by atoms with van der Waals surface area (Å²) in [4.78, 5) is 23.2. The lowest BCUT2D eigenvalue weighted by Gasteiger charge is -2.27. The van der Waals surface area contributed by atoms with Gasteiger partial charge in [-0.3, -0.25) is 9.59 Å². The second-order valence-electron chi connectivity index (χ2n) is 5.80. The molecule has 0 aromatic carbocycles. The Bertz CT molecular complexity index is 296. The number of methoxy groups -OCH3 is 1. The van der Waals surface area contributed by atoms with Gasteiger partial charge in [0, 0.05) is 12.5 Å². The van der Waals surface area contributed by atoms with Crippen LogP contribution in [0.2, 0.25) is 0 Å². The smallest absolute Gasteiger partial charge is 0.308 e. The molecule has 1 saturated carbocycles. The number of esters is 1. The Labute approximate surface area is 122 Å². The zero-order chi connectivity index (χ0) is 14.8. The van der Waals surface area contributed by atoms with Crippen LogP contribution in [0, 0.1) is 5.92 Å². The summed E-state index contributed by atoms with van der Waals surface area (Å²) in [6.45, 7) is 2.19. The highest BCUT2D eigenvalue weighted by Crippen LogP contribution is 2.25. The summed E-state index contributed by atoms with van der Waals surface area (Å²) in [7, 11) is 1.44. The van der Waals surface area contributed by atoms with Crippen molar-refractivity contribution in [3.63, 3.8) is 0 Å². The number of hydrogen-bond acceptors (Lipinski definition) is 3. The van der Waals surface area contributed by atoms with Gasteiger partial charge in [-0.05, 0) is 32.1 Å². The highest BCUT2D eigenvalue weighted by molar-refractivity contribution is 5.76. The molecular formula is C16H29NO3. The Balaban J connectivity index is 2.10. The standard InChI is InChI=1S/C16H29NO3/c1-3-4-5-6-7-8-15(18)17-14-11-9-13(10-12-14)16(19)20-2/h13-14H,3-12H2,1-2H3,(H,17,18). The maximum Gasteiger partial charge on any atom is 0.308 e. The van der Waals surface area contributed by atoms with Crippen molar-refractivity contribution in [2.24, 2.45) is 5.92 Å². The van der Waals surface area contributed by atoms with Crippen molar-refractivity contribution in [1.29, 1.82) is 0 Å². The number of carbonyl (C=O) groups is 2. The van der Waals surface area contributed by atoms with Crippen LogP contribution in [-0.4, -0.2) is 25.0 Å². The van der Waals surface area contributed by atoms with Crippen LogP contribution >= 0.6 is 0 Å². The maximum atomic E-state index is 11.8. The number of rotatable bonds is 8. The Hall–Kier alpha value is -1.06. The molecule has 1 rings (SSSR count). The highest BCUT2D eigenvalue weighted by Gasteiger charge is 2.27. The van der Waals surface area contributed by atoms with Gasteiger partial charge in [-0.2, -0.15) is 0 Å². The molecule has 1 N–H and O–H groups in total. The minimum atomic E-state index is -0.106. The van der Waals surface area contributed by atoms with Gasteiger partial charge in [0.1, 0.15) is 0 Å². The molecule has 0 atom stereocenters. The predicted molar refractivity (Wildman–Crippen MR) is 79.3 cm³/mol. The van der Waals surface area contributed by atoms with E-state index in [1.54, 1.807) is 0 Å². The summed E-state index contributed by atoms with van der Waals surface area (Å²) < 4.78 is 4.77. The molecule has 0 heterocycles. The molecule has 20 heavy (non-hydrogen) atoms. The van der Waals surface area contributed by atoms with E-state index in [4.69, 9.17) is 4.74 Å². The Morgan fingerprint density at radius 2 is 1.70 bits per heavy atom. The first-order valence-electron chi connectivity index (χ1n) is 8.04. The quantitative estimate of drug-likeness (QED) is 0.550. The van der Waals surface area contributed by atoms with E-state index in [0.717, 1.165) is 38.5 Å². The van der Waals surface area contributed by atoms with Crippen molar-refractivity contribution in [2.75, 3.05) is 7.11 Å². The van der Waals surface area contributed by atoms with E-state index in [2.05, 4.69) is 12.2 Å². The molecule has 116 valence electrons. The normalized spacial score (nSPS) is 22.3. The SMILES string of the molecule is CCCCCCCC(=O)NC1CCC(C(=O)OC)CC1. The first kappa shape index (κ1) is 17.0. The molecule has 0 unspecified atom stereocenters. The summed E-state index contributed by atoms with van der Waals surface area (Å²) in [6, 6.07) is 0.249. The lowest BCUT2D eigenvalue weighted by Crippen LogP contribution is -2.38. The Morgan fingerprint density at radius 1 is 1.05 bits per heavy atom. The van der Waals surface area contributed by atoms with E-state index in [1.807, 2.05) is 0 Å². The first-order valence-corrected chi connectivity index (χ1v) is 8.04. The second-order valence-corrected chi connectivity index (χ2v) is 5.80. The van der Waals surface area contributed by atoms with Gasteiger partial charge in [-0.15, -0.1) is 0 Å². The third-order valence-corrected chi connectivity index (χ3v) is 4.13. The van der Waals surface area contributed by atoms with Crippen LogP contribution in [-0.2, 0) is 14.3 Å². The van der Waals surface area contributed by atoms with Crippen molar-refractivity contribution < 1.29 is 14.3 Å². The van der Waals surface area contributed by atoms with E-state index in [1.165, 1.54) is 26.4 Å². The van der Waals surface area contributed by atoms with Crippen LogP contribution < -0.4 is 5.32 Å². The molecule has 0 radical (unpaired) electrons. The van der Waals surface area contributed by atoms with Gasteiger partial charge in [0.05, 0.1) is 13.0 Å². The van der Waals surface area contributed by atoms with Crippen LogP contribution in [0.1, 0.15) is 71.1 Å². The van der Waals surface area contributed by atoms with Crippen molar-refractivity contribution in [3.05, 3.63) is 0 Å². The van der Waals surface area contributed by atoms with Gasteiger partial charge in [0.2, 0.25) is 5.91 Å². The number of nitrogens with one attached hydrogen (secondary N) is 1. The molecule has 1 amide bonds. The second kappa shape index (κ2) is 9.78. The van der Waals surface area contributed by atoms with Gasteiger partial charge < -0.3 is 10.1 Å². The van der Waals surface area contributed by atoms with Crippen LogP contribution in [0.25, 0.3) is 0 Å². The van der Waals surface area contributed by atoms with E-state index in [0.29, 0.717) is 6.42 Å². The minimum Gasteiger partial charge on any atom is -0.469 e. The van der Waals surface area contributed by atoms with Crippen molar-refractivity contribution >= 4 is 11.9 Å². The molecule has 1 aliphatic carbocycles. The van der Waals surface area contributed by atoms with Crippen LogP contribution in [0.4, 0.5) is 0 Å². The van der Waals surface area contributed by atoms with Gasteiger partial charge in [-0.25, -0.2) is 0 Å². The molecule has 4 nitrogen and oxygen atoms in total. The zero-order valence-corrected chi connectivity index (χ0v) is 13.0. The van der Waals surface area contributed by atoms with Gasteiger partial charge >= 0.3 is 5.97 Å².